The topological polar surface area (TPSA) is 72.7 Å². The number of fused-ring (bicyclic) bond motifs is 1. The Bertz CT molecular complexity index is 714. The molecule has 2 N–H and O–H groups in total. The molecule has 0 aliphatic carbocycles. The van der Waals surface area contributed by atoms with Crippen LogP contribution >= 0.6 is 11.8 Å². The molecule has 1 heterocycles. The van der Waals surface area contributed by atoms with Crippen LogP contribution in [0, 0.1) is 0 Å². The summed E-state index contributed by atoms with van der Waals surface area (Å²) in [7, 11) is 4.99. The number of hydrogen-bond donors (Lipinski definition) is 2. The number of benzene rings is 1. The molecule has 1 aromatic carbocycles. The van der Waals surface area contributed by atoms with Gasteiger partial charge in [-0.25, -0.2) is 0 Å². The molecule has 0 fully saturated rings. The number of aryl methyl sites for hydroxylation is 1. The zero-order valence-electron chi connectivity index (χ0n) is 14.5. The Morgan fingerprint density at radius 3 is 2.54 bits per heavy atom. The molecule has 1 unspecified atom stereocenters. The van der Waals surface area contributed by atoms with Crippen molar-refractivity contribution in [3.8, 4) is 11.5 Å². The number of aliphatic hydroxyl groups is 1. The maximum atomic E-state index is 12.6. The fourth-order valence-corrected chi connectivity index (χ4v) is 3.13. The molecule has 0 aliphatic heterocycles. The Morgan fingerprint density at radius 1 is 1.29 bits per heavy atom. The van der Waals surface area contributed by atoms with E-state index < -0.39 is 0 Å². The molecule has 0 saturated heterocycles. The fourth-order valence-electron chi connectivity index (χ4n) is 2.61. The van der Waals surface area contributed by atoms with Crippen molar-refractivity contribution in [3.05, 3.63) is 23.9 Å². The maximum Gasteiger partial charge on any atom is 0.268 e. The van der Waals surface area contributed by atoms with Crippen molar-refractivity contribution < 1.29 is 19.4 Å². The first-order valence-corrected chi connectivity index (χ1v) is 9.07. The molecule has 0 spiro atoms. The fraction of sp³-hybridized carbons (Fsp3) is 0.471. The van der Waals surface area contributed by atoms with Gasteiger partial charge in [-0.1, -0.05) is 0 Å². The smallest absolute Gasteiger partial charge is 0.268 e. The van der Waals surface area contributed by atoms with Crippen molar-refractivity contribution in [3.63, 3.8) is 0 Å². The normalized spacial score (nSPS) is 12.2. The van der Waals surface area contributed by atoms with Crippen LogP contribution in [-0.4, -0.2) is 54.5 Å². The van der Waals surface area contributed by atoms with E-state index in [2.05, 4.69) is 5.32 Å². The van der Waals surface area contributed by atoms with Crippen LogP contribution in [0.25, 0.3) is 10.9 Å². The second-order valence-corrected chi connectivity index (χ2v) is 6.47. The number of ether oxygens (including phenoxy) is 2. The molecule has 6 nitrogen and oxygen atoms in total. The van der Waals surface area contributed by atoms with E-state index in [0.717, 1.165) is 23.1 Å². The zero-order valence-corrected chi connectivity index (χ0v) is 15.3. The Hall–Kier alpha value is -1.86. The number of carbonyl (C=O) groups is 1. The van der Waals surface area contributed by atoms with Gasteiger partial charge in [0.25, 0.3) is 5.91 Å². The highest BCUT2D eigenvalue weighted by Gasteiger charge is 2.18. The average Bonchev–Trinajstić information content (AvgIpc) is 2.93. The summed E-state index contributed by atoms with van der Waals surface area (Å²) >= 11 is 1.69. The van der Waals surface area contributed by atoms with Crippen LogP contribution in [0.15, 0.2) is 18.2 Å². The van der Waals surface area contributed by atoms with Crippen molar-refractivity contribution >= 4 is 28.6 Å². The number of nitrogens with one attached hydrogen (secondary N) is 1. The number of amides is 1. The van der Waals surface area contributed by atoms with Crippen LogP contribution in [0.4, 0.5) is 0 Å². The number of rotatable bonds is 8. The SMILES string of the molecule is COc1cc2cc(C(=O)NC(CO)CCSC)n(C)c2cc1OC. The molecule has 2 aromatic rings. The summed E-state index contributed by atoms with van der Waals surface area (Å²) in [5.74, 6) is 1.92. The molecule has 0 bridgehead atoms. The van der Waals surface area contributed by atoms with Gasteiger partial charge >= 0.3 is 0 Å². The third kappa shape index (κ3) is 3.79. The molecule has 2 rings (SSSR count). The first-order chi connectivity index (χ1) is 11.5. The summed E-state index contributed by atoms with van der Waals surface area (Å²) in [5, 5.41) is 13.2. The minimum absolute atomic E-state index is 0.0715. The summed E-state index contributed by atoms with van der Waals surface area (Å²) in [6.07, 6.45) is 2.73. The van der Waals surface area contributed by atoms with Gasteiger partial charge in [0.15, 0.2) is 11.5 Å². The average molecular weight is 352 g/mol. The number of hydrogen-bond acceptors (Lipinski definition) is 5. The van der Waals surface area contributed by atoms with Crippen LogP contribution in [0.3, 0.4) is 0 Å². The lowest BCUT2D eigenvalue weighted by atomic mass is 10.2. The highest BCUT2D eigenvalue weighted by atomic mass is 32.2. The summed E-state index contributed by atoms with van der Waals surface area (Å²) < 4.78 is 12.4. The molecule has 24 heavy (non-hydrogen) atoms. The van der Waals surface area contributed by atoms with Gasteiger partial charge in [0.05, 0.1) is 32.4 Å². The maximum absolute atomic E-state index is 12.6. The Kier molecular flexibility index (Phi) is 6.39. The molecule has 1 aromatic heterocycles. The first-order valence-electron chi connectivity index (χ1n) is 7.67. The summed E-state index contributed by atoms with van der Waals surface area (Å²) in [6, 6.07) is 5.27. The second-order valence-electron chi connectivity index (χ2n) is 5.49. The third-order valence-electron chi connectivity index (χ3n) is 4.01. The molecule has 0 saturated carbocycles. The molecule has 0 radical (unpaired) electrons. The van der Waals surface area contributed by atoms with Crippen molar-refractivity contribution in [1.82, 2.24) is 9.88 Å². The number of nitrogens with zero attached hydrogens (tertiary/aromatic N) is 1. The zero-order chi connectivity index (χ0) is 17.7. The first kappa shape index (κ1) is 18.5. The molecular formula is C17H24N2O4S. The summed E-state index contributed by atoms with van der Waals surface area (Å²) in [6.45, 7) is -0.0715. The van der Waals surface area contributed by atoms with Gasteiger partial charge < -0.3 is 24.5 Å². The third-order valence-corrected chi connectivity index (χ3v) is 4.65. The number of methoxy groups -OCH3 is 2. The molecule has 0 aliphatic rings. The van der Waals surface area contributed by atoms with Crippen molar-refractivity contribution in [2.45, 2.75) is 12.5 Å². The van der Waals surface area contributed by atoms with Gasteiger partial charge in [0.2, 0.25) is 0 Å². The summed E-state index contributed by atoms with van der Waals surface area (Å²) in [4.78, 5) is 12.6. The van der Waals surface area contributed by atoms with Gasteiger partial charge in [-0.3, -0.25) is 4.79 Å². The largest absolute Gasteiger partial charge is 0.493 e. The molecule has 132 valence electrons. The second kappa shape index (κ2) is 8.30. The summed E-state index contributed by atoms with van der Waals surface area (Å²) in [5.41, 5.74) is 1.41. The number of aliphatic hydroxyl groups excluding tert-OH is 1. The van der Waals surface area contributed by atoms with E-state index in [-0.39, 0.29) is 18.6 Å². The Balaban J connectivity index is 2.31. The highest BCUT2D eigenvalue weighted by molar-refractivity contribution is 7.98. The van der Waals surface area contributed by atoms with Crippen molar-refractivity contribution in [2.24, 2.45) is 7.05 Å². The van der Waals surface area contributed by atoms with Crippen LogP contribution in [0.5, 0.6) is 11.5 Å². The Labute approximate surface area is 146 Å². The van der Waals surface area contributed by atoms with E-state index in [9.17, 15) is 9.90 Å². The van der Waals surface area contributed by atoms with E-state index in [1.165, 1.54) is 0 Å². The number of aromatic nitrogens is 1. The molecule has 1 amide bonds. The lowest BCUT2D eigenvalue weighted by Gasteiger charge is -2.16. The predicted octanol–water partition coefficient (Wildman–Crippen LogP) is 2.04. The van der Waals surface area contributed by atoms with E-state index in [4.69, 9.17) is 9.47 Å². The quantitative estimate of drug-likeness (QED) is 0.761. The monoisotopic (exact) mass is 352 g/mol. The van der Waals surface area contributed by atoms with Crippen molar-refractivity contribution in [2.75, 3.05) is 32.8 Å². The lowest BCUT2D eigenvalue weighted by Crippen LogP contribution is -2.38. The van der Waals surface area contributed by atoms with E-state index >= 15 is 0 Å². The van der Waals surface area contributed by atoms with Crippen LogP contribution < -0.4 is 14.8 Å². The van der Waals surface area contributed by atoms with E-state index in [1.807, 2.05) is 36.1 Å². The van der Waals surface area contributed by atoms with E-state index in [0.29, 0.717) is 17.2 Å². The number of carbonyl (C=O) groups excluding carboxylic acids is 1. The Morgan fingerprint density at radius 2 is 1.96 bits per heavy atom. The molecule has 7 heteroatoms. The van der Waals surface area contributed by atoms with Crippen molar-refractivity contribution in [1.29, 1.82) is 0 Å². The van der Waals surface area contributed by atoms with Gasteiger partial charge in [0, 0.05) is 18.5 Å². The van der Waals surface area contributed by atoms with Gasteiger partial charge in [-0.2, -0.15) is 11.8 Å². The molecule has 1 atom stereocenters. The molecular weight excluding hydrogens is 328 g/mol. The number of thioether (sulfide) groups is 1. The van der Waals surface area contributed by atoms with Gasteiger partial charge in [0.1, 0.15) is 5.69 Å². The lowest BCUT2D eigenvalue weighted by molar-refractivity contribution is 0.0907. The van der Waals surface area contributed by atoms with Crippen LogP contribution in [-0.2, 0) is 7.05 Å². The van der Waals surface area contributed by atoms with Crippen LogP contribution in [0.2, 0.25) is 0 Å². The van der Waals surface area contributed by atoms with Gasteiger partial charge in [-0.05, 0) is 30.6 Å². The minimum atomic E-state index is -0.243. The van der Waals surface area contributed by atoms with Gasteiger partial charge in [-0.15, -0.1) is 0 Å². The van der Waals surface area contributed by atoms with E-state index in [1.54, 1.807) is 26.0 Å². The standard InChI is InChI=1S/C17H24N2O4S/c1-19-13-9-16(23-3)15(22-2)8-11(13)7-14(19)17(21)18-12(10-20)5-6-24-4/h7-9,12,20H,5-6,10H2,1-4H3,(H,18,21). The highest BCUT2D eigenvalue weighted by Crippen LogP contribution is 2.33. The van der Waals surface area contributed by atoms with Crippen LogP contribution in [0.1, 0.15) is 16.9 Å². The predicted molar refractivity (Wildman–Crippen MR) is 97.4 cm³/mol. The minimum Gasteiger partial charge on any atom is -0.493 e.